The molecule has 0 bridgehead atoms. The fourth-order valence-corrected chi connectivity index (χ4v) is 10.7. The lowest BCUT2D eigenvalue weighted by molar-refractivity contribution is -0.937. The molecule has 0 saturated carbocycles. The van der Waals surface area contributed by atoms with E-state index in [1.165, 1.54) is 83.5 Å². The quantitative estimate of drug-likeness (QED) is 0.218. The molecule has 5 aromatic rings. The smallest absolute Gasteiger partial charge is 0.253 e. The molecule has 2 N–H and O–H groups in total. The number of fused-ring (bicyclic) bond motifs is 1. The average Bonchev–Trinajstić information content (AvgIpc) is 3.38. The van der Waals surface area contributed by atoms with Crippen LogP contribution in [0.15, 0.2) is 67.0 Å². The SMILES string of the molecule is CB1CNC23c4c(cccc41)Cc1ccc4c(c12)C1c2c-4ccc4c2C2(NCB(C)c5cccc(c52)C4)[n+]2ncn[n+]3c21. The van der Waals surface area contributed by atoms with Crippen molar-refractivity contribution in [3.8, 4) is 11.1 Å². The van der Waals surface area contributed by atoms with Crippen molar-refractivity contribution in [3.05, 3.63) is 128 Å². The zero-order valence-electron chi connectivity index (χ0n) is 24.2. The van der Waals surface area contributed by atoms with Crippen molar-refractivity contribution in [1.29, 1.82) is 0 Å². The number of hydrogen-bond donors (Lipinski definition) is 2. The largest absolute Gasteiger partial charge is 0.485 e. The highest BCUT2D eigenvalue weighted by molar-refractivity contribution is 6.73. The van der Waals surface area contributed by atoms with Crippen LogP contribution >= 0.6 is 0 Å². The minimum absolute atomic E-state index is 0.108. The topological polar surface area (TPSA) is 57.6 Å². The normalized spacial score (nSPS) is 26.1. The Hall–Kier alpha value is -4.13. The zero-order chi connectivity index (χ0) is 28.0. The number of hydrogen-bond acceptors (Lipinski definition) is 4. The number of aromatic nitrogens is 4. The first kappa shape index (κ1) is 22.4. The van der Waals surface area contributed by atoms with Gasteiger partial charge in [-0.2, -0.15) is 0 Å². The van der Waals surface area contributed by atoms with Gasteiger partial charge in [-0.1, -0.05) is 85.2 Å². The summed E-state index contributed by atoms with van der Waals surface area (Å²) in [7, 11) is 0. The molecular weight excluding hydrogens is 526 g/mol. The highest BCUT2D eigenvalue weighted by Crippen LogP contribution is 2.60. The summed E-state index contributed by atoms with van der Waals surface area (Å²) >= 11 is 0. The molecule has 43 heavy (non-hydrogen) atoms. The second-order valence-electron chi connectivity index (χ2n) is 14.0. The van der Waals surface area contributed by atoms with Gasteiger partial charge in [-0.15, -0.1) is 0 Å². The molecule has 2 unspecified atom stereocenters. The Labute approximate surface area is 250 Å². The number of nitrogens with zero attached hydrogens (tertiary/aromatic N) is 4. The van der Waals surface area contributed by atoms with Gasteiger partial charge >= 0.3 is 17.2 Å². The molecule has 202 valence electrons. The Morgan fingerprint density at radius 3 is 1.65 bits per heavy atom. The van der Waals surface area contributed by atoms with Gasteiger partial charge in [-0.05, 0) is 70.2 Å². The summed E-state index contributed by atoms with van der Waals surface area (Å²) in [5, 5.41) is 18.8. The van der Waals surface area contributed by atoms with Crippen LogP contribution in [0.5, 0.6) is 0 Å². The van der Waals surface area contributed by atoms with E-state index in [9.17, 15) is 0 Å². The lowest BCUT2D eigenvalue weighted by atomic mass is 9.42. The Kier molecular flexibility index (Phi) is 3.56. The van der Waals surface area contributed by atoms with Crippen molar-refractivity contribution in [2.75, 3.05) is 12.9 Å². The molecule has 0 saturated heterocycles. The zero-order valence-corrected chi connectivity index (χ0v) is 24.2. The number of benzene rings is 4. The van der Waals surface area contributed by atoms with E-state index in [4.69, 9.17) is 10.2 Å². The molecule has 12 rings (SSSR count). The third-order valence-corrected chi connectivity index (χ3v) is 12.2. The fraction of sp³-hybridized carbons (Fsp3) is 0.257. The van der Waals surface area contributed by atoms with Gasteiger partial charge in [0.25, 0.3) is 0 Å². The summed E-state index contributed by atoms with van der Waals surface area (Å²) in [4.78, 5) is 0. The third kappa shape index (κ3) is 2.11. The van der Waals surface area contributed by atoms with E-state index in [1.807, 2.05) is 6.33 Å². The van der Waals surface area contributed by atoms with Crippen LogP contribution in [0, 0.1) is 0 Å². The molecule has 3 aliphatic carbocycles. The molecule has 4 aromatic carbocycles. The maximum Gasteiger partial charge on any atom is 0.485 e. The average molecular weight is 554 g/mol. The van der Waals surface area contributed by atoms with Crippen LogP contribution in [0.1, 0.15) is 67.4 Å². The van der Waals surface area contributed by atoms with Crippen molar-refractivity contribution in [1.82, 2.24) is 20.8 Å². The van der Waals surface area contributed by atoms with Crippen molar-refractivity contribution >= 4 is 24.4 Å². The van der Waals surface area contributed by atoms with Crippen molar-refractivity contribution in [3.63, 3.8) is 0 Å². The lowest BCUT2D eigenvalue weighted by Crippen LogP contribution is -2.85. The Bertz CT molecular complexity index is 2080. The minimum Gasteiger partial charge on any atom is -0.253 e. The van der Waals surface area contributed by atoms with Crippen molar-refractivity contribution < 1.29 is 9.36 Å². The fourth-order valence-electron chi connectivity index (χ4n) is 10.7. The summed E-state index contributed by atoms with van der Waals surface area (Å²) in [6.45, 7) is 5.58. The number of nitrogens with one attached hydrogen (secondary N) is 2. The molecule has 2 atom stereocenters. The Balaban J connectivity index is 1.32. The maximum atomic E-state index is 5.25. The lowest BCUT2D eigenvalue weighted by Gasteiger charge is -2.47. The van der Waals surface area contributed by atoms with Gasteiger partial charge in [0.2, 0.25) is 6.33 Å². The van der Waals surface area contributed by atoms with E-state index in [0.29, 0.717) is 13.4 Å². The van der Waals surface area contributed by atoms with E-state index in [1.54, 1.807) is 0 Å². The second-order valence-corrected chi connectivity index (χ2v) is 14.0. The summed E-state index contributed by atoms with van der Waals surface area (Å²) in [6, 6.07) is 23.6. The first-order chi connectivity index (χ1) is 21.1. The predicted molar refractivity (Wildman–Crippen MR) is 165 cm³/mol. The number of rotatable bonds is 0. The third-order valence-electron chi connectivity index (χ3n) is 12.2. The van der Waals surface area contributed by atoms with E-state index in [0.717, 1.165) is 25.7 Å². The van der Waals surface area contributed by atoms with Crippen LogP contribution in [0.4, 0.5) is 0 Å². The van der Waals surface area contributed by atoms with Gasteiger partial charge in [-0.3, -0.25) is 10.6 Å². The van der Waals surface area contributed by atoms with E-state index >= 15 is 0 Å². The molecule has 0 radical (unpaired) electrons. The molecule has 0 fully saturated rings. The van der Waals surface area contributed by atoms with E-state index in [2.05, 4.69) is 94.3 Å². The molecule has 2 spiro atoms. The molecule has 6 nitrogen and oxygen atoms in total. The predicted octanol–water partition coefficient (Wildman–Crippen LogP) is 1.09. The minimum atomic E-state index is -0.564. The molecular formula is C35H28B2N6+2. The first-order valence-corrected chi connectivity index (χ1v) is 15.9. The van der Waals surface area contributed by atoms with Gasteiger partial charge in [0.05, 0.1) is 11.1 Å². The van der Waals surface area contributed by atoms with Crippen molar-refractivity contribution in [2.45, 2.75) is 43.7 Å². The molecule has 7 aliphatic rings. The van der Waals surface area contributed by atoms with E-state index in [-0.39, 0.29) is 5.92 Å². The van der Waals surface area contributed by atoms with Gasteiger partial charge < -0.3 is 0 Å². The Morgan fingerprint density at radius 1 is 0.651 bits per heavy atom. The highest BCUT2D eigenvalue weighted by atomic mass is 15.5. The van der Waals surface area contributed by atoms with Gasteiger partial charge in [0.15, 0.2) is 19.3 Å². The highest BCUT2D eigenvalue weighted by Gasteiger charge is 2.72. The molecule has 1 aromatic heterocycles. The van der Waals surface area contributed by atoms with Gasteiger partial charge in [0.1, 0.15) is 0 Å². The summed E-state index contributed by atoms with van der Waals surface area (Å²) < 4.78 is 4.76. The monoisotopic (exact) mass is 554 g/mol. The van der Waals surface area contributed by atoms with E-state index < -0.39 is 11.3 Å². The van der Waals surface area contributed by atoms with Crippen LogP contribution in [0.3, 0.4) is 0 Å². The second kappa shape index (κ2) is 6.82. The summed E-state index contributed by atoms with van der Waals surface area (Å²) in [6.07, 6.45) is 5.54. The molecule has 4 aliphatic heterocycles. The first-order valence-electron chi connectivity index (χ1n) is 15.9. The Morgan fingerprint density at radius 2 is 1.14 bits per heavy atom. The van der Waals surface area contributed by atoms with Gasteiger partial charge in [0, 0.05) is 30.7 Å². The summed E-state index contributed by atoms with van der Waals surface area (Å²) in [5.74, 6) is 1.29. The molecule has 0 amide bonds. The molecule has 5 heterocycles. The van der Waals surface area contributed by atoms with Crippen LogP contribution in [0.2, 0.25) is 13.6 Å². The molecule has 8 heteroatoms. The maximum absolute atomic E-state index is 5.25. The standard InChI is InChI=1S/C35H28B2N6/c1-36-15-38-34-29-18(5-3-7-24(29)36)13-20-9-11-22-23-12-10-21-14-19-6-4-8-25-30(19)35(39-16-37(25)2)32(21)27(23)28(26(22)31(20)34)33-42(34)40-17-41-43(33)35/h3-12,17,28,38-39H,13-16H2,1-2H3/q+2. The van der Waals surface area contributed by atoms with Crippen LogP contribution in [0.25, 0.3) is 11.1 Å². The van der Waals surface area contributed by atoms with Gasteiger partial charge in [-0.25, -0.2) is 0 Å². The van der Waals surface area contributed by atoms with Crippen LogP contribution in [-0.4, -0.2) is 36.5 Å². The van der Waals surface area contributed by atoms with Crippen LogP contribution in [-0.2, 0) is 24.2 Å². The summed E-state index contributed by atoms with van der Waals surface area (Å²) in [5.41, 5.74) is 18.9. The van der Waals surface area contributed by atoms with Crippen molar-refractivity contribution in [2.24, 2.45) is 0 Å². The van der Waals surface area contributed by atoms with Crippen LogP contribution < -0.4 is 30.9 Å².